The van der Waals surface area contributed by atoms with E-state index in [0.717, 1.165) is 51.4 Å². The zero-order valence-corrected chi connectivity index (χ0v) is 26.2. The maximum absolute atomic E-state index is 14.2. The summed E-state index contributed by atoms with van der Waals surface area (Å²) in [7, 11) is 0. The number of ether oxygens (including phenoxy) is 1. The molecule has 45 heavy (non-hydrogen) atoms. The van der Waals surface area contributed by atoms with Crippen molar-refractivity contribution in [3.05, 3.63) is 111 Å². The molecule has 4 heterocycles. The van der Waals surface area contributed by atoms with Crippen LogP contribution in [0.5, 0.6) is 5.75 Å². The molecule has 3 aromatic carbocycles. The van der Waals surface area contributed by atoms with Gasteiger partial charge in [-0.05, 0) is 55.2 Å². The van der Waals surface area contributed by atoms with Gasteiger partial charge in [0.25, 0.3) is 12.0 Å². The van der Waals surface area contributed by atoms with E-state index >= 15 is 0 Å². The van der Waals surface area contributed by atoms with Crippen LogP contribution in [-0.4, -0.2) is 42.1 Å². The number of hydroxylamine groups is 1. The van der Waals surface area contributed by atoms with Gasteiger partial charge in [0.05, 0.1) is 11.4 Å². The number of aliphatic imine (C=N–C) groups is 1. The molecule has 10 nitrogen and oxygen atoms in total. The zero-order chi connectivity index (χ0) is 31.7. The monoisotopic (exact) mass is 606 g/mol. The third-order valence-electron chi connectivity index (χ3n) is 7.76. The number of hydrogen-bond acceptors (Lipinski definition) is 8. The molecular formula is C35H38N6O4. The van der Waals surface area contributed by atoms with Gasteiger partial charge in [0.2, 0.25) is 5.78 Å². The van der Waals surface area contributed by atoms with E-state index in [1.54, 1.807) is 9.08 Å². The van der Waals surface area contributed by atoms with Crippen molar-refractivity contribution in [1.82, 2.24) is 24.6 Å². The highest BCUT2D eigenvalue weighted by Gasteiger charge is 2.30. The van der Waals surface area contributed by atoms with E-state index in [0.29, 0.717) is 30.0 Å². The maximum atomic E-state index is 14.2. The van der Waals surface area contributed by atoms with Gasteiger partial charge in [-0.3, -0.25) is 4.79 Å². The van der Waals surface area contributed by atoms with Gasteiger partial charge in [-0.2, -0.15) is 10.1 Å². The molecular weight excluding hydrogens is 568 g/mol. The Morgan fingerprint density at radius 3 is 2.44 bits per heavy atom. The smallest absolute Gasteiger partial charge is 0.280 e. The highest BCUT2D eigenvalue weighted by Crippen LogP contribution is 2.36. The van der Waals surface area contributed by atoms with E-state index in [2.05, 4.69) is 48.3 Å². The molecule has 0 fully saturated rings. The molecule has 7 rings (SSSR count). The number of rotatable bonds is 6. The number of fused-ring (bicyclic) bond motifs is 2. The van der Waals surface area contributed by atoms with E-state index < -0.39 is 6.41 Å². The van der Waals surface area contributed by atoms with Crippen LogP contribution in [-0.2, 0) is 24.1 Å². The van der Waals surface area contributed by atoms with Crippen LogP contribution in [0.15, 0.2) is 82.8 Å². The lowest BCUT2D eigenvalue weighted by Gasteiger charge is -2.16. The Hall–Kier alpha value is -4.80. The minimum atomic E-state index is -1.23. The first-order valence-electron chi connectivity index (χ1n) is 15.4. The first kappa shape index (κ1) is 30.2. The average Bonchev–Trinajstić information content (AvgIpc) is 3.75. The molecule has 2 N–H and O–H groups in total. The van der Waals surface area contributed by atoms with Crippen molar-refractivity contribution in [2.75, 3.05) is 0 Å². The first-order valence-corrected chi connectivity index (χ1v) is 15.4. The van der Waals surface area contributed by atoms with Crippen molar-refractivity contribution in [2.24, 2.45) is 4.99 Å². The molecule has 232 valence electrons. The normalized spacial score (nSPS) is 16.4. The number of nitrogens with one attached hydrogen (secondary N) is 1. The van der Waals surface area contributed by atoms with Gasteiger partial charge in [0.1, 0.15) is 17.7 Å². The average molecular weight is 607 g/mol. The zero-order valence-electron chi connectivity index (χ0n) is 26.2. The van der Waals surface area contributed by atoms with Crippen LogP contribution in [0, 0.1) is 0 Å². The Labute approximate surface area is 262 Å². The number of hydrogen-bond donors (Lipinski definition) is 2. The number of nitrogens with zero attached hydrogens (tertiary/aromatic N) is 5. The van der Waals surface area contributed by atoms with Crippen molar-refractivity contribution < 1.29 is 14.7 Å². The molecule has 0 radical (unpaired) electrons. The lowest BCUT2D eigenvalue weighted by atomic mass is 9.96. The van der Waals surface area contributed by atoms with E-state index in [4.69, 9.17) is 9.57 Å². The van der Waals surface area contributed by atoms with E-state index in [9.17, 15) is 9.90 Å². The van der Waals surface area contributed by atoms with Crippen molar-refractivity contribution in [2.45, 2.75) is 72.3 Å². The second-order valence-electron chi connectivity index (χ2n) is 11.9. The Bertz CT molecular complexity index is 1940. The summed E-state index contributed by atoms with van der Waals surface area (Å²) < 4.78 is 9.50. The van der Waals surface area contributed by atoms with Gasteiger partial charge in [-0.15, -0.1) is 0 Å². The highest BCUT2D eigenvalue weighted by atomic mass is 16.7. The molecule has 5 aromatic rings. The van der Waals surface area contributed by atoms with Crippen LogP contribution in [0.2, 0.25) is 0 Å². The Kier molecular flexibility index (Phi) is 8.26. The standard InChI is InChI=1S/C32H30N6O4.C3H8/c1-4-26-25(15-19-9-11-20(12-10-19)23-7-5-6-8-24(23)28-35-31(40)42-36-28)29(39)37(30-33-18-34-38(26)30)22-13-14-27-21(16-22)17-32(2,3)41-27;1-3-2/h5-14,16,18,31,40H,4,15,17H2,1-3H3,(H,35,36);3H2,1-2H3. The largest absolute Gasteiger partial charge is 0.487 e. The van der Waals surface area contributed by atoms with Crippen molar-refractivity contribution in [3.8, 4) is 22.6 Å². The number of aliphatic hydroxyl groups excluding tert-OH is 1. The summed E-state index contributed by atoms with van der Waals surface area (Å²) in [5, 5.41) is 14.2. The van der Waals surface area contributed by atoms with Crippen LogP contribution in [0.3, 0.4) is 0 Å². The van der Waals surface area contributed by atoms with Gasteiger partial charge < -0.3 is 9.84 Å². The number of benzene rings is 3. The van der Waals surface area contributed by atoms with E-state index in [1.165, 1.54) is 12.7 Å². The Morgan fingerprint density at radius 2 is 1.76 bits per heavy atom. The minimum absolute atomic E-state index is 0.108. The summed E-state index contributed by atoms with van der Waals surface area (Å²) in [5.74, 6) is 1.81. The summed E-state index contributed by atoms with van der Waals surface area (Å²) in [5.41, 5.74) is 9.35. The molecule has 0 amide bonds. The van der Waals surface area contributed by atoms with E-state index in [1.807, 2.05) is 73.7 Å². The van der Waals surface area contributed by atoms with Crippen LogP contribution >= 0.6 is 0 Å². The van der Waals surface area contributed by atoms with Gasteiger partial charge >= 0.3 is 0 Å². The summed E-state index contributed by atoms with van der Waals surface area (Å²) in [6, 6.07) is 21.8. The van der Waals surface area contributed by atoms with E-state index in [-0.39, 0.29) is 11.2 Å². The number of aromatic nitrogens is 4. The molecule has 1 unspecified atom stereocenters. The third-order valence-corrected chi connectivity index (χ3v) is 7.76. The lowest BCUT2D eigenvalue weighted by Crippen LogP contribution is -2.28. The number of aliphatic hydroxyl groups is 1. The van der Waals surface area contributed by atoms with Crippen molar-refractivity contribution in [3.63, 3.8) is 0 Å². The van der Waals surface area contributed by atoms with Crippen molar-refractivity contribution >= 4 is 11.6 Å². The van der Waals surface area contributed by atoms with Crippen LogP contribution in [0.1, 0.15) is 69.0 Å². The van der Waals surface area contributed by atoms with Crippen LogP contribution in [0.25, 0.3) is 22.6 Å². The predicted octanol–water partition coefficient (Wildman–Crippen LogP) is 5.39. The minimum Gasteiger partial charge on any atom is -0.487 e. The first-order chi connectivity index (χ1) is 21.7. The molecule has 10 heteroatoms. The molecule has 0 aliphatic carbocycles. The summed E-state index contributed by atoms with van der Waals surface area (Å²) in [4.78, 5) is 27.8. The summed E-state index contributed by atoms with van der Waals surface area (Å²) >= 11 is 0. The third kappa shape index (κ3) is 5.86. The highest BCUT2D eigenvalue weighted by molar-refractivity contribution is 6.04. The predicted molar refractivity (Wildman–Crippen MR) is 174 cm³/mol. The van der Waals surface area contributed by atoms with Gasteiger partial charge in [0, 0.05) is 29.5 Å². The quantitative estimate of drug-likeness (QED) is 0.266. The van der Waals surface area contributed by atoms with Gasteiger partial charge in [-0.25, -0.2) is 24.4 Å². The fraction of sp³-hybridized carbons (Fsp3) is 0.314. The lowest BCUT2D eigenvalue weighted by molar-refractivity contribution is -0.102. The Morgan fingerprint density at radius 1 is 1.02 bits per heavy atom. The van der Waals surface area contributed by atoms with Crippen molar-refractivity contribution in [1.29, 1.82) is 0 Å². The molecule has 2 aliphatic rings. The molecule has 0 spiro atoms. The Balaban J connectivity index is 0.00000115. The number of aryl methyl sites for hydroxylation is 1. The molecule has 0 saturated carbocycles. The van der Waals surface area contributed by atoms with Gasteiger partial charge in [0.15, 0.2) is 5.84 Å². The second-order valence-corrected chi connectivity index (χ2v) is 11.9. The maximum Gasteiger partial charge on any atom is 0.280 e. The molecule has 0 saturated heterocycles. The topological polar surface area (TPSA) is 115 Å². The fourth-order valence-corrected chi connectivity index (χ4v) is 5.91. The molecule has 2 aromatic heterocycles. The van der Waals surface area contributed by atoms with Gasteiger partial charge in [-0.1, -0.05) is 75.7 Å². The molecule has 1 atom stereocenters. The number of amidine groups is 1. The van der Waals surface area contributed by atoms with Crippen LogP contribution in [0.4, 0.5) is 0 Å². The second kappa shape index (κ2) is 12.3. The molecule has 2 aliphatic heterocycles. The molecule has 0 bridgehead atoms. The fourth-order valence-electron chi connectivity index (χ4n) is 5.91. The SMILES string of the molecule is CCC.CCc1c(Cc2ccc(-c3ccccc3C3=NC(O)ON3)cc2)c(=O)n(-c2ccc3c(c2)CC(C)(C)O3)c2ncnn12. The van der Waals surface area contributed by atoms with Crippen LogP contribution < -0.4 is 15.8 Å². The summed E-state index contributed by atoms with van der Waals surface area (Å²) in [6.07, 6.45) is 3.35. The summed E-state index contributed by atoms with van der Waals surface area (Å²) in [6.45, 7) is 10.4.